The minimum absolute atomic E-state index is 0.0416. The molecule has 1 aliphatic carbocycles. The zero-order chi connectivity index (χ0) is 8.27. The van der Waals surface area contributed by atoms with Crippen molar-refractivity contribution in [1.29, 1.82) is 0 Å². The first-order valence-corrected chi connectivity index (χ1v) is 4.29. The lowest BCUT2D eigenvalue weighted by atomic mass is 10.0. The molecule has 0 spiro atoms. The van der Waals surface area contributed by atoms with Crippen LogP contribution in [0.1, 0.15) is 19.8 Å². The Balaban J connectivity index is 2.69. The molecular formula is C9H13ClO. The van der Waals surface area contributed by atoms with Crippen LogP contribution in [0.5, 0.6) is 0 Å². The first kappa shape index (κ1) is 8.66. The molecular weight excluding hydrogens is 160 g/mol. The summed E-state index contributed by atoms with van der Waals surface area (Å²) in [6.45, 7) is 2.14. The third kappa shape index (κ3) is 2.00. The summed E-state index contributed by atoms with van der Waals surface area (Å²) in [6.07, 6.45) is 6.06. The molecule has 0 aromatic rings. The fraction of sp³-hybridized carbons (Fsp3) is 0.556. The Labute approximate surface area is 72.7 Å². The maximum Gasteiger partial charge on any atom is 0.114 e. The maximum absolute atomic E-state index is 6.02. The van der Waals surface area contributed by atoms with Gasteiger partial charge in [0, 0.05) is 0 Å². The maximum atomic E-state index is 6.02. The Bertz CT molecular complexity index is 194. The van der Waals surface area contributed by atoms with Crippen molar-refractivity contribution in [2.24, 2.45) is 0 Å². The Morgan fingerprint density at radius 3 is 2.82 bits per heavy atom. The summed E-state index contributed by atoms with van der Waals surface area (Å²) in [5.74, 6) is 0.879. The van der Waals surface area contributed by atoms with Gasteiger partial charge in [0.25, 0.3) is 0 Å². The predicted molar refractivity (Wildman–Crippen MR) is 47.7 cm³/mol. The molecule has 0 saturated carbocycles. The smallest absolute Gasteiger partial charge is 0.114 e. The molecule has 0 radical (unpaired) electrons. The number of hydrogen-bond donors (Lipinski definition) is 0. The molecule has 0 fully saturated rings. The fourth-order valence-electron chi connectivity index (χ4n) is 1.16. The topological polar surface area (TPSA) is 9.23 Å². The van der Waals surface area contributed by atoms with E-state index in [1.165, 1.54) is 5.57 Å². The van der Waals surface area contributed by atoms with E-state index in [1.807, 2.05) is 6.08 Å². The number of ether oxygens (including phenoxy) is 1. The first-order chi connectivity index (χ1) is 5.27. The minimum Gasteiger partial charge on any atom is -0.500 e. The van der Waals surface area contributed by atoms with Crippen LogP contribution in [-0.2, 0) is 4.74 Å². The molecule has 0 heterocycles. The highest BCUT2D eigenvalue weighted by molar-refractivity contribution is 6.22. The third-order valence-electron chi connectivity index (χ3n) is 1.92. The zero-order valence-corrected chi connectivity index (χ0v) is 7.69. The quantitative estimate of drug-likeness (QED) is 0.582. The summed E-state index contributed by atoms with van der Waals surface area (Å²) < 4.78 is 5.08. The van der Waals surface area contributed by atoms with Gasteiger partial charge in [-0.2, -0.15) is 0 Å². The van der Waals surface area contributed by atoms with Crippen LogP contribution >= 0.6 is 11.6 Å². The van der Waals surface area contributed by atoms with Crippen molar-refractivity contribution < 1.29 is 4.74 Å². The van der Waals surface area contributed by atoms with Gasteiger partial charge in [-0.3, -0.25) is 0 Å². The van der Waals surface area contributed by atoms with Gasteiger partial charge in [-0.15, -0.1) is 11.6 Å². The van der Waals surface area contributed by atoms with Crippen LogP contribution in [0, 0.1) is 0 Å². The monoisotopic (exact) mass is 172 g/mol. The van der Waals surface area contributed by atoms with E-state index in [0.717, 1.165) is 18.6 Å². The van der Waals surface area contributed by atoms with E-state index in [9.17, 15) is 0 Å². The lowest BCUT2D eigenvalue weighted by molar-refractivity contribution is 0.277. The van der Waals surface area contributed by atoms with Crippen molar-refractivity contribution in [3.63, 3.8) is 0 Å². The molecule has 1 atom stereocenters. The summed E-state index contributed by atoms with van der Waals surface area (Å²) in [5, 5.41) is 0.0416. The number of allylic oxidation sites excluding steroid dienone is 4. The highest BCUT2D eigenvalue weighted by atomic mass is 35.5. The Kier molecular flexibility index (Phi) is 3.01. The van der Waals surface area contributed by atoms with Gasteiger partial charge in [0.05, 0.1) is 12.5 Å². The lowest BCUT2D eigenvalue weighted by Crippen LogP contribution is -2.09. The Morgan fingerprint density at radius 1 is 1.64 bits per heavy atom. The molecule has 0 N–H and O–H groups in total. The molecule has 0 bridgehead atoms. The van der Waals surface area contributed by atoms with Gasteiger partial charge in [0.15, 0.2) is 0 Å². The van der Waals surface area contributed by atoms with Gasteiger partial charge in [-0.05, 0) is 18.9 Å². The molecule has 1 aliphatic rings. The van der Waals surface area contributed by atoms with E-state index in [-0.39, 0.29) is 5.38 Å². The van der Waals surface area contributed by atoms with E-state index < -0.39 is 0 Å². The van der Waals surface area contributed by atoms with E-state index in [0.29, 0.717) is 0 Å². The van der Waals surface area contributed by atoms with Crippen LogP contribution in [0.3, 0.4) is 0 Å². The molecule has 0 saturated heterocycles. The second-order valence-corrected chi connectivity index (χ2v) is 3.15. The average Bonchev–Trinajstić information content (AvgIpc) is 2.04. The van der Waals surface area contributed by atoms with Gasteiger partial charge >= 0.3 is 0 Å². The van der Waals surface area contributed by atoms with Crippen molar-refractivity contribution in [3.8, 4) is 0 Å². The molecule has 0 amide bonds. The summed E-state index contributed by atoms with van der Waals surface area (Å²) in [5.41, 5.74) is 1.39. The van der Waals surface area contributed by atoms with Gasteiger partial charge in [-0.1, -0.05) is 18.6 Å². The SMILES string of the molecule is CCC1=CC=C(OC)C(Cl)C1. The van der Waals surface area contributed by atoms with Crippen LogP contribution in [0.4, 0.5) is 0 Å². The third-order valence-corrected chi connectivity index (χ3v) is 2.29. The van der Waals surface area contributed by atoms with Crippen molar-refractivity contribution in [2.45, 2.75) is 25.1 Å². The van der Waals surface area contributed by atoms with Crippen LogP contribution < -0.4 is 0 Å². The molecule has 62 valence electrons. The van der Waals surface area contributed by atoms with Crippen LogP contribution in [0.25, 0.3) is 0 Å². The summed E-state index contributed by atoms with van der Waals surface area (Å²) in [6, 6.07) is 0. The van der Waals surface area contributed by atoms with Crippen molar-refractivity contribution in [1.82, 2.24) is 0 Å². The molecule has 0 aromatic heterocycles. The van der Waals surface area contributed by atoms with Gasteiger partial charge in [0.1, 0.15) is 5.76 Å². The largest absolute Gasteiger partial charge is 0.500 e. The van der Waals surface area contributed by atoms with Gasteiger partial charge in [0.2, 0.25) is 0 Å². The van der Waals surface area contributed by atoms with Crippen molar-refractivity contribution in [3.05, 3.63) is 23.5 Å². The number of rotatable bonds is 2. The molecule has 1 nitrogen and oxygen atoms in total. The molecule has 0 aliphatic heterocycles. The van der Waals surface area contributed by atoms with Gasteiger partial charge < -0.3 is 4.74 Å². The van der Waals surface area contributed by atoms with Crippen LogP contribution in [-0.4, -0.2) is 12.5 Å². The van der Waals surface area contributed by atoms with E-state index in [4.69, 9.17) is 16.3 Å². The Morgan fingerprint density at radius 2 is 2.36 bits per heavy atom. The lowest BCUT2D eigenvalue weighted by Gasteiger charge is -2.17. The van der Waals surface area contributed by atoms with Crippen molar-refractivity contribution in [2.75, 3.05) is 7.11 Å². The first-order valence-electron chi connectivity index (χ1n) is 3.85. The van der Waals surface area contributed by atoms with Crippen LogP contribution in [0.15, 0.2) is 23.5 Å². The fourth-order valence-corrected chi connectivity index (χ4v) is 1.52. The summed E-state index contributed by atoms with van der Waals surface area (Å²) in [7, 11) is 1.66. The Hall–Kier alpha value is -0.430. The summed E-state index contributed by atoms with van der Waals surface area (Å²) in [4.78, 5) is 0. The number of hydrogen-bond acceptors (Lipinski definition) is 1. The number of methoxy groups -OCH3 is 1. The second kappa shape index (κ2) is 3.82. The molecule has 2 heteroatoms. The summed E-state index contributed by atoms with van der Waals surface area (Å²) >= 11 is 6.02. The van der Waals surface area contributed by atoms with Crippen LogP contribution in [0.2, 0.25) is 0 Å². The second-order valence-electron chi connectivity index (χ2n) is 2.62. The van der Waals surface area contributed by atoms with Crippen molar-refractivity contribution >= 4 is 11.6 Å². The van der Waals surface area contributed by atoms with E-state index in [1.54, 1.807) is 7.11 Å². The highest BCUT2D eigenvalue weighted by Crippen LogP contribution is 2.25. The molecule has 11 heavy (non-hydrogen) atoms. The normalized spacial score (nSPS) is 24.1. The van der Waals surface area contributed by atoms with Gasteiger partial charge in [-0.25, -0.2) is 0 Å². The molecule has 1 unspecified atom stereocenters. The average molecular weight is 173 g/mol. The highest BCUT2D eigenvalue weighted by Gasteiger charge is 2.15. The number of alkyl halides is 1. The predicted octanol–water partition coefficient (Wildman–Crippen LogP) is 2.86. The number of halogens is 1. The van der Waals surface area contributed by atoms with E-state index >= 15 is 0 Å². The molecule has 1 rings (SSSR count). The zero-order valence-electron chi connectivity index (χ0n) is 6.93. The molecule has 0 aromatic carbocycles. The van der Waals surface area contributed by atoms with E-state index in [2.05, 4.69) is 13.0 Å². The standard InChI is InChI=1S/C9H13ClO/c1-3-7-4-5-9(11-2)8(10)6-7/h4-5,8H,3,6H2,1-2H3. The minimum atomic E-state index is 0.0416.